The molecule has 0 aliphatic carbocycles. The molecule has 0 aliphatic rings. The van der Waals surface area contributed by atoms with Gasteiger partial charge in [-0.2, -0.15) is 23.4 Å². The highest BCUT2D eigenvalue weighted by atomic mass is 19.4. The third kappa shape index (κ3) is 4.08. The first kappa shape index (κ1) is 17.2. The van der Waals surface area contributed by atoms with Crippen LogP contribution in [0.15, 0.2) is 60.8 Å². The van der Waals surface area contributed by atoms with Gasteiger partial charge in [0.15, 0.2) is 0 Å². The van der Waals surface area contributed by atoms with Crippen molar-refractivity contribution in [3.63, 3.8) is 0 Å². The molecule has 0 unspecified atom stereocenters. The number of nitriles is 1. The number of para-hydroxylation sites is 1. The third-order valence-corrected chi connectivity index (χ3v) is 3.29. The van der Waals surface area contributed by atoms with Gasteiger partial charge in [0.25, 0.3) is 0 Å². The van der Waals surface area contributed by atoms with E-state index < -0.39 is 17.6 Å². The minimum atomic E-state index is -4.66. The molecule has 0 radical (unpaired) electrons. The number of nitrogens with one attached hydrogen (secondary N) is 1. The molecule has 1 aromatic heterocycles. The van der Waals surface area contributed by atoms with Gasteiger partial charge in [0, 0.05) is 11.9 Å². The Morgan fingerprint density at radius 3 is 2.31 bits per heavy atom. The molecule has 2 aromatic carbocycles. The van der Waals surface area contributed by atoms with Crippen molar-refractivity contribution in [1.29, 1.82) is 5.26 Å². The van der Waals surface area contributed by atoms with Gasteiger partial charge in [0.2, 0.25) is 11.8 Å². The minimum Gasteiger partial charge on any atom is -0.438 e. The van der Waals surface area contributed by atoms with Crippen LogP contribution in [0.25, 0.3) is 0 Å². The van der Waals surface area contributed by atoms with E-state index in [1.54, 1.807) is 42.5 Å². The zero-order valence-electron chi connectivity index (χ0n) is 13.2. The van der Waals surface area contributed by atoms with Gasteiger partial charge in [-0.3, -0.25) is 0 Å². The van der Waals surface area contributed by atoms with Crippen molar-refractivity contribution in [3.8, 4) is 17.7 Å². The quantitative estimate of drug-likeness (QED) is 0.720. The molecular weight excluding hydrogens is 345 g/mol. The van der Waals surface area contributed by atoms with Crippen LogP contribution in [0.1, 0.15) is 11.1 Å². The Balaban J connectivity index is 1.92. The van der Waals surface area contributed by atoms with Crippen molar-refractivity contribution in [3.05, 3.63) is 71.9 Å². The first-order chi connectivity index (χ1) is 12.5. The predicted molar refractivity (Wildman–Crippen MR) is 88.0 cm³/mol. The van der Waals surface area contributed by atoms with E-state index in [4.69, 9.17) is 10.00 Å². The predicted octanol–water partition coefficient (Wildman–Crippen LogP) is 4.90. The second kappa shape index (κ2) is 7.11. The number of benzene rings is 2. The van der Waals surface area contributed by atoms with Crippen molar-refractivity contribution >= 4 is 11.6 Å². The number of ether oxygens (including phenoxy) is 1. The van der Waals surface area contributed by atoms with Crippen LogP contribution in [0.4, 0.5) is 24.8 Å². The van der Waals surface area contributed by atoms with Crippen LogP contribution in [0.3, 0.4) is 0 Å². The molecule has 1 N–H and O–H groups in total. The fraction of sp³-hybridized carbons (Fsp3) is 0.0556. The summed E-state index contributed by atoms with van der Waals surface area (Å²) in [5.74, 6) is -0.440. The van der Waals surface area contributed by atoms with Gasteiger partial charge >= 0.3 is 6.18 Å². The first-order valence-electron chi connectivity index (χ1n) is 7.40. The smallest absolute Gasteiger partial charge is 0.423 e. The monoisotopic (exact) mass is 356 g/mol. The van der Waals surface area contributed by atoms with Gasteiger partial charge in [-0.15, -0.1) is 0 Å². The molecular formula is C18H11F3N4O. The Kier molecular flexibility index (Phi) is 4.71. The molecule has 130 valence electrons. The fourth-order valence-electron chi connectivity index (χ4n) is 2.06. The lowest BCUT2D eigenvalue weighted by Crippen LogP contribution is -2.10. The maximum atomic E-state index is 13.2. The van der Waals surface area contributed by atoms with Crippen molar-refractivity contribution in [1.82, 2.24) is 9.97 Å². The lowest BCUT2D eigenvalue weighted by atomic mass is 10.2. The second-order valence-corrected chi connectivity index (χ2v) is 5.14. The summed E-state index contributed by atoms with van der Waals surface area (Å²) in [6.45, 7) is 0. The Bertz CT molecular complexity index is 935. The summed E-state index contributed by atoms with van der Waals surface area (Å²) in [6.07, 6.45) is -3.99. The molecule has 0 spiro atoms. The Morgan fingerprint density at radius 1 is 1.00 bits per heavy atom. The summed E-state index contributed by atoms with van der Waals surface area (Å²) in [5, 5.41) is 11.6. The molecule has 0 saturated heterocycles. The van der Waals surface area contributed by atoms with E-state index in [1.165, 1.54) is 12.1 Å². The standard InChI is InChI=1S/C18H11F3N4O/c19-18(20,21)15-11-23-17(24-13-8-6-12(10-22)7-9-13)25-16(15)26-14-4-2-1-3-5-14/h1-9,11H,(H,23,24,25). The summed E-state index contributed by atoms with van der Waals surface area (Å²) in [7, 11) is 0. The van der Waals surface area contributed by atoms with E-state index >= 15 is 0 Å². The Hall–Kier alpha value is -3.60. The largest absolute Gasteiger partial charge is 0.438 e. The normalized spacial score (nSPS) is 10.8. The van der Waals surface area contributed by atoms with Crippen LogP contribution < -0.4 is 10.1 Å². The number of hydrogen-bond acceptors (Lipinski definition) is 5. The van der Waals surface area contributed by atoms with Gasteiger partial charge in [-0.25, -0.2) is 4.98 Å². The minimum absolute atomic E-state index is 0.0614. The molecule has 5 nitrogen and oxygen atoms in total. The number of aromatic nitrogens is 2. The zero-order chi connectivity index (χ0) is 18.6. The maximum absolute atomic E-state index is 13.2. The molecule has 1 heterocycles. The van der Waals surface area contributed by atoms with Crippen LogP contribution in [-0.4, -0.2) is 9.97 Å². The first-order valence-corrected chi connectivity index (χ1v) is 7.40. The Labute approximate surface area is 146 Å². The van der Waals surface area contributed by atoms with Crippen molar-refractivity contribution in [2.24, 2.45) is 0 Å². The van der Waals surface area contributed by atoms with Gasteiger partial charge in [0.05, 0.1) is 11.6 Å². The van der Waals surface area contributed by atoms with Crippen LogP contribution in [0, 0.1) is 11.3 Å². The average molecular weight is 356 g/mol. The molecule has 0 saturated carbocycles. The number of alkyl halides is 3. The van der Waals surface area contributed by atoms with Crippen LogP contribution >= 0.6 is 0 Å². The molecule has 0 fully saturated rings. The molecule has 0 amide bonds. The highest BCUT2D eigenvalue weighted by Crippen LogP contribution is 2.37. The summed E-state index contributed by atoms with van der Waals surface area (Å²) < 4.78 is 44.8. The van der Waals surface area contributed by atoms with Gasteiger partial charge in [0.1, 0.15) is 11.3 Å². The number of anilines is 2. The average Bonchev–Trinajstić information content (AvgIpc) is 2.62. The van der Waals surface area contributed by atoms with Crippen molar-refractivity contribution in [2.45, 2.75) is 6.18 Å². The van der Waals surface area contributed by atoms with Crippen LogP contribution in [-0.2, 0) is 6.18 Å². The summed E-state index contributed by atoms with van der Waals surface area (Å²) in [5.41, 5.74) is -0.0989. The number of hydrogen-bond donors (Lipinski definition) is 1. The van der Waals surface area contributed by atoms with E-state index in [0.29, 0.717) is 17.4 Å². The number of nitrogens with zero attached hydrogens (tertiary/aromatic N) is 3. The van der Waals surface area contributed by atoms with Gasteiger partial charge in [-0.1, -0.05) is 18.2 Å². The molecule has 8 heteroatoms. The highest BCUT2D eigenvalue weighted by molar-refractivity contribution is 5.55. The third-order valence-electron chi connectivity index (χ3n) is 3.29. The van der Waals surface area contributed by atoms with Crippen LogP contribution in [0.5, 0.6) is 11.6 Å². The lowest BCUT2D eigenvalue weighted by Gasteiger charge is -2.14. The van der Waals surface area contributed by atoms with E-state index in [1.807, 2.05) is 6.07 Å². The van der Waals surface area contributed by atoms with Crippen LogP contribution in [0.2, 0.25) is 0 Å². The highest BCUT2D eigenvalue weighted by Gasteiger charge is 2.36. The van der Waals surface area contributed by atoms with E-state index in [0.717, 1.165) is 0 Å². The summed E-state index contributed by atoms with van der Waals surface area (Å²) >= 11 is 0. The molecule has 0 atom stereocenters. The summed E-state index contributed by atoms with van der Waals surface area (Å²) in [4.78, 5) is 7.54. The van der Waals surface area contributed by atoms with Crippen molar-refractivity contribution in [2.75, 3.05) is 5.32 Å². The van der Waals surface area contributed by atoms with Crippen molar-refractivity contribution < 1.29 is 17.9 Å². The lowest BCUT2D eigenvalue weighted by molar-refractivity contribution is -0.139. The SMILES string of the molecule is N#Cc1ccc(Nc2ncc(C(F)(F)F)c(Oc3ccccc3)n2)cc1. The van der Waals surface area contributed by atoms with E-state index in [-0.39, 0.29) is 11.7 Å². The zero-order valence-corrected chi connectivity index (χ0v) is 13.2. The van der Waals surface area contributed by atoms with E-state index in [2.05, 4.69) is 15.3 Å². The second-order valence-electron chi connectivity index (χ2n) is 5.14. The summed E-state index contributed by atoms with van der Waals surface area (Å²) in [6, 6.07) is 16.3. The molecule has 0 aliphatic heterocycles. The fourth-order valence-corrected chi connectivity index (χ4v) is 2.06. The van der Waals surface area contributed by atoms with Gasteiger partial charge in [-0.05, 0) is 36.4 Å². The van der Waals surface area contributed by atoms with Gasteiger partial charge < -0.3 is 10.1 Å². The molecule has 0 bridgehead atoms. The number of rotatable bonds is 4. The maximum Gasteiger partial charge on any atom is 0.423 e. The molecule has 26 heavy (non-hydrogen) atoms. The van der Waals surface area contributed by atoms with E-state index in [9.17, 15) is 13.2 Å². The number of halogens is 3. The topological polar surface area (TPSA) is 70.8 Å². The molecule has 3 aromatic rings. The molecule has 3 rings (SSSR count). The Morgan fingerprint density at radius 2 is 1.69 bits per heavy atom.